The van der Waals surface area contributed by atoms with Crippen LogP contribution in [0.2, 0.25) is 11.6 Å². The SMILES string of the molecule is CCCCCCC(CCCCCC)CC(C)(C)[B]CC(C)C(C)C. The first-order chi connectivity index (χ1) is 11.3. The molecule has 1 unspecified atom stereocenters. The molecule has 0 aliphatic rings. The van der Waals surface area contributed by atoms with Gasteiger partial charge in [-0.3, -0.25) is 0 Å². The molecular formula is C23H48B. The van der Waals surface area contributed by atoms with Gasteiger partial charge in [-0.15, -0.1) is 0 Å². The minimum Gasteiger partial charge on any atom is -0.0769 e. The maximum absolute atomic E-state index is 2.64. The van der Waals surface area contributed by atoms with E-state index in [0.717, 1.165) is 17.8 Å². The molecule has 0 saturated heterocycles. The molecule has 0 aromatic rings. The largest absolute Gasteiger partial charge is 0.117 e. The molecule has 0 aliphatic carbocycles. The van der Waals surface area contributed by atoms with E-state index in [1.54, 1.807) is 0 Å². The van der Waals surface area contributed by atoms with Crippen LogP contribution in [0.3, 0.4) is 0 Å². The van der Waals surface area contributed by atoms with Gasteiger partial charge < -0.3 is 0 Å². The van der Waals surface area contributed by atoms with Crippen molar-refractivity contribution >= 4 is 7.28 Å². The van der Waals surface area contributed by atoms with Gasteiger partial charge in [-0.25, -0.2) is 0 Å². The summed E-state index contributed by atoms with van der Waals surface area (Å²) in [4.78, 5) is 0. The summed E-state index contributed by atoms with van der Waals surface area (Å²) in [6, 6.07) is 0. The monoisotopic (exact) mass is 335 g/mol. The van der Waals surface area contributed by atoms with E-state index in [-0.39, 0.29) is 0 Å². The Kier molecular flexibility index (Phi) is 14.3. The van der Waals surface area contributed by atoms with Crippen LogP contribution < -0.4 is 0 Å². The van der Waals surface area contributed by atoms with Crippen LogP contribution in [0.25, 0.3) is 0 Å². The van der Waals surface area contributed by atoms with Crippen LogP contribution >= 0.6 is 0 Å². The van der Waals surface area contributed by atoms with Gasteiger partial charge in [0.1, 0.15) is 7.28 Å². The molecule has 0 rings (SSSR count). The normalized spacial score (nSPS) is 13.7. The summed E-state index contributed by atoms with van der Waals surface area (Å²) in [5.41, 5.74) is 0. The molecule has 0 bridgehead atoms. The molecule has 0 amide bonds. The van der Waals surface area contributed by atoms with E-state index in [2.05, 4.69) is 55.7 Å². The van der Waals surface area contributed by atoms with E-state index in [1.165, 1.54) is 76.9 Å². The zero-order chi connectivity index (χ0) is 18.4. The smallest absolute Gasteiger partial charge is 0.0769 e. The highest BCUT2D eigenvalue weighted by atomic mass is 14.2. The lowest BCUT2D eigenvalue weighted by Crippen LogP contribution is -2.21. The molecule has 0 spiro atoms. The summed E-state index contributed by atoms with van der Waals surface area (Å²) in [5.74, 6) is 2.56. The maximum Gasteiger partial charge on any atom is 0.117 e. The van der Waals surface area contributed by atoms with Crippen LogP contribution in [0, 0.1) is 17.8 Å². The van der Waals surface area contributed by atoms with Gasteiger partial charge in [0.15, 0.2) is 0 Å². The lowest BCUT2D eigenvalue weighted by molar-refractivity contribution is 0.344. The summed E-state index contributed by atoms with van der Waals surface area (Å²) < 4.78 is 0. The van der Waals surface area contributed by atoms with Crippen LogP contribution in [0.1, 0.15) is 119 Å². The molecule has 0 aromatic heterocycles. The lowest BCUT2D eigenvalue weighted by Gasteiger charge is -2.31. The fraction of sp³-hybridized carbons (Fsp3) is 1.00. The Balaban J connectivity index is 4.34. The van der Waals surface area contributed by atoms with E-state index in [9.17, 15) is 0 Å². The third kappa shape index (κ3) is 13.4. The van der Waals surface area contributed by atoms with E-state index < -0.39 is 0 Å². The first kappa shape index (κ1) is 24.1. The van der Waals surface area contributed by atoms with Crippen molar-refractivity contribution in [1.82, 2.24) is 0 Å². The third-order valence-corrected chi connectivity index (χ3v) is 5.93. The van der Waals surface area contributed by atoms with Crippen molar-refractivity contribution in [2.45, 2.75) is 131 Å². The lowest BCUT2D eigenvalue weighted by atomic mass is 9.47. The van der Waals surface area contributed by atoms with E-state index in [0.29, 0.717) is 5.31 Å². The molecule has 0 heterocycles. The first-order valence-corrected chi connectivity index (χ1v) is 11.2. The van der Waals surface area contributed by atoms with Crippen molar-refractivity contribution in [2.24, 2.45) is 17.8 Å². The van der Waals surface area contributed by atoms with Crippen molar-refractivity contribution in [2.75, 3.05) is 0 Å². The Morgan fingerprint density at radius 1 is 0.750 bits per heavy atom. The first-order valence-electron chi connectivity index (χ1n) is 11.2. The molecule has 0 aliphatic heterocycles. The molecule has 143 valence electrons. The molecule has 1 heteroatoms. The van der Waals surface area contributed by atoms with E-state index in [1.807, 2.05) is 0 Å². The van der Waals surface area contributed by atoms with Crippen molar-refractivity contribution in [1.29, 1.82) is 0 Å². The Morgan fingerprint density at radius 2 is 1.25 bits per heavy atom. The summed E-state index contributed by atoms with van der Waals surface area (Å²) in [6.07, 6.45) is 16.9. The second kappa shape index (κ2) is 14.3. The van der Waals surface area contributed by atoms with Gasteiger partial charge >= 0.3 is 0 Å². The molecule has 0 N–H and O–H groups in total. The molecule has 0 nitrogen and oxygen atoms in total. The third-order valence-electron chi connectivity index (χ3n) is 5.93. The van der Waals surface area contributed by atoms with Crippen LogP contribution in [0.5, 0.6) is 0 Å². The van der Waals surface area contributed by atoms with Gasteiger partial charge in [0.2, 0.25) is 0 Å². The minimum atomic E-state index is 0.406. The fourth-order valence-electron chi connectivity index (χ4n) is 3.67. The number of hydrogen-bond donors (Lipinski definition) is 0. The van der Waals surface area contributed by atoms with Crippen molar-refractivity contribution in [3.05, 3.63) is 0 Å². The molecule has 24 heavy (non-hydrogen) atoms. The zero-order valence-electron chi connectivity index (χ0n) is 18.3. The van der Waals surface area contributed by atoms with Crippen LogP contribution in [-0.2, 0) is 0 Å². The van der Waals surface area contributed by atoms with Crippen molar-refractivity contribution in [3.63, 3.8) is 0 Å². The Hall–Kier alpha value is 0.0649. The van der Waals surface area contributed by atoms with Gasteiger partial charge in [-0.05, 0) is 17.8 Å². The summed E-state index contributed by atoms with van der Waals surface area (Å²) in [5, 5.41) is 0.406. The fourth-order valence-corrected chi connectivity index (χ4v) is 3.67. The maximum atomic E-state index is 2.64. The Bertz CT molecular complexity index is 257. The minimum absolute atomic E-state index is 0.406. The quantitative estimate of drug-likeness (QED) is 0.196. The van der Waals surface area contributed by atoms with E-state index >= 15 is 0 Å². The average molecular weight is 335 g/mol. The predicted molar refractivity (Wildman–Crippen MR) is 114 cm³/mol. The van der Waals surface area contributed by atoms with Gasteiger partial charge in [0.05, 0.1) is 0 Å². The highest BCUT2D eigenvalue weighted by Gasteiger charge is 2.25. The summed E-state index contributed by atoms with van der Waals surface area (Å²) in [6.45, 7) is 16.7. The number of unbranched alkanes of at least 4 members (excludes halogenated alkanes) is 6. The predicted octanol–water partition coefficient (Wildman–Crippen LogP) is 8.55. The Labute approximate surface area is 156 Å². The van der Waals surface area contributed by atoms with Gasteiger partial charge in [-0.1, -0.05) is 131 Å². The second-order valence-corrected chi connectivity index (χ2v) is 9.42. The van der Waals surface area contributed by atoms with Crippen LogP contribution in [0.15, 0.2) is 0 Å². The molecule has 1 atom stereocenters. The molecule has 0 fully saturated rings. The average Bonchev–Trinajstić information content (AvgIpc) is 2.52. The van der Waals surface area contributed by atoms with Gasteiger partial charge in [-0.2, -0.15) is 0 Å². The summed E-state index contributed by atoms with van der Waals surface area (Å²) in [7, 11) is 2.64. The van der Waals surface area contributed by atoms with Gasteiger partial charge in [0.25, 0.3) is 0 Å². The van der Waals surface area contributed by atoms with Gasteiger partial charge in [0, 0.05) is 0 Å². The molecule has 0 saturated carbocycles. The zero-order valence-corrected chi connectivity index (χ0v) is 18.3. The molecule has 1 radical (unpaired) electrons. The van der Waals surface area contributed by atoms with Crippen LogP contribution in [-0.4, -0.2) is 7.28 Å². The highest BCUT2D eigenvalue weighted by Crippen LogP contribution is 2.38. The topological polar surface area (TPSA) is 0 Å². The summed E-state index contributed by atoms with van der Waals surface area (Å²) >= 11 is 0. The number of rotatable bonds is 16. The number of hydrogen-bond acceptors (Lipinski definition) is 0. The second-order valence-electron chi connectivity index (χ2n) is 9.42. The van der Waals surface area contributed by atoms with Crippen molar-refractivity contribution < 1.29 is 0 Å². The van der Waals surface area contributed by atoms with E-state index in [4.69, 9.17) is 0 Å². The highest BCUT2D eigenvalue weighted by molar-refractivity contribution is 6.39. The standard InChI is InChI=1S/C23H48B/c1-8-10-12-14-16-22(17-15-13-11-9-2)18-23(6,7)24-19-21(5)20(3)4/h20-22H,8-19H2,1-7H3. The Morgan fingerprint density at radius 3 is 1.67 bits per heavy atom. The molecule has 0 aromatic carbocycles. The van der Waals surface area contributed by atoms with Crippen molar-refractivity contribution in [3.8, 4) is 0 Å². The van der Waals surface area contributed by atoms with Crippen LogP contribution in [0.4, 0.5) is 0 Å². The molecular weight excluding hydrogens is 287 g/mol.